The summed E-state index contributed by atoms with van der Waals surface area (Å²) in [4.78, 5) is 3.81. The van der Waals surface area contributed by atoms with Crippen LogP contribution in [0.5, 0.6) is 0 Å². The lowest BCUT2D eigenvalue weighted by Crippen LogP contribution is -2.07. The molecule has 1 rings (SSSR count). The van der Waals surface area contributed by atoms with Crippen molar-refractivity contribution >= 4 is 21.4 Å². The topological polar surface area (TPSA) is 73.1 Å². The molecule has 1 atom stereocenters. The third kappa shape index (κ3) is 2.41. The zero-order chi connectivity index (χ0) is 10.1. The van der Waals surface area contributed by atoms with E-state index in [0.717, 1.165) is 6.26 Å². The molecule has 0 aliphatic heterocycles. The van der Waals surface area contributed by atoms with Crippen LogP contribution in [-0.2, 0) is 15.7 Å². The van der Waals surface area contributed by atoms with Gasteiger partial charge in [0.15, 0.2) is 15.7 Å². The van der Waals surface area contributed by atoms with Crippen LogP contribution >= 0.6 is 11.6 Å². The van der Waals surface area contributed by atoms with Gasteiger partial charge in [0.25, 0.3) is 0 Å². The molecule has 0 saturated heterocycles. The van der Waals surface area contributed by atoms with Crippen molar-refractivity contribution in [3.05, 3.63) is 11.7 Å². The molecule has 1 aromatic rings. The van der Waals surface area contributed by atoms with Crippen molar-refractivity contribution in [1.29, 1.82) is 0 Å². The van der Waals surface area contributed by atoms with E-state index < -0.39 is 15.1 Å². The van der Waals surface area contributed by atoms with Crippen LogP contribution in [0.25, 0.3) is 0 Å². The molecular weight excluding hydrogens is 216 g/mol. The van der Waals surface area contributed by atoms with E-state index in [2.05, 4.69) is 10.1 Å². The van der Waals surface area contributed by atoms with Crippen LogP contribution in [-0.4, -0.2) is 24.8 Å². The third-order valence-electron chi connectivity index (χ3n) is 1.59. The lowest BCUT2D eigenvalue weighted by atomic mass is 10.5. The first-order valence-corrected chi connectivity index (χ1v) is 6.01. The van der Waals surface area contributed by atoms with Gasteiger partial charge in [0.05, 0.1) is 5.88 Å². The number of hydrogen-bond acceptors (Lipinski definition) is 5. The van der Waals surface area contributed by atoms with Gasteiger partial charge in [-0.05, 0) is 6.92 Å². The second-order valence-electron chi connectivity index (χ2n) is 2.65. The predicted molar refractivity (Wildman–Crippen MR) is 47.1 cm³/mol. The smallest absolute Gasteiger partial charge is 0.244 e. The number of sulfone groups is 1. The highest BCUT2D eigenvalue weighted by Crippen LogP contribution is 2.18. The number of rotatable bonds is 3. The summed E-state index contributed by atoms with van der Waals surface area (Å²) in [7, 11) is -3.19. The lowest BCUT2D eigenvalue weighted by molar-refractivity contribution is 0.373. The second-order valence-corrected chi connectivity index (χ2v) is 5.29. The van der Waals surface area contributed by atoms with E-state index in [1.807, 2.05) is 0 Å². The van der Waals surface area contributed by atoms with Crippen LogP contribution in [0, 0.1) is 0 Å². The van der Waals surface area contributed by atoms with E-state index in [9.17, 15) is 8.42 Å². The zero-order valence-corrected chi connectivity index (χ0v) is 8.76. The van der Waals surface area contributed by atoms with Crippen LogP contribution in [0.3, 0.4) is 0 Å². The van der Waals surface area contributed by atoms with E-state index in [0.29, 0.717) is 5.82 Å². The van der Waals surface area contributed by atoms with Gasteiger partial charge in [-0.15, -0.1) is 11.6 Å². The third-order valence-corrected chi connectivity index (χ3v) is 3.32. The molecule has 5 nitrogen and oxygen atoms in total. The standard InChI is InChI=1S/C6H9ClN2O3S/c1-4(13(2,10)11)6-8-5(3-7)9-12-6/h4H,3H2,1-2H3. The fraction of sp³-hybridized carbons (Fsp3) is 0.667. The van der Waals surface area contributed by atoms with Gasteiger partial charge in [0, 0.05) is 6.26 Å². The van der Waals surface area contributed by atoms with Crippen LogP contribution in [0.2, 0.25) is 0 Å². The molecule has 0 bridgehead atoms. The first-order valence-electron chi connectivity index (χ1n) is 3.52. The molecule has 0 radical (unpaired) electrons. The Bertz CT molecular complexity index is 386. The number of nitrogens with zero attached hydrogens (tertiary/aromatic N) is 2. The minimum atomic E-state index is -3.19. The Balaban J connectivity index is 2.96. The summed E-state index contributed by atoms with van der Waals surface area (Å²) in [5.74, 6) is 0.491. The van der Waals surface area contributed by atoms with E-state index in [-0.39, 0.29) is 11.8 Å². The van der Waals surface area contributed by atoms with E-state index in [1.54, 1.807) is 0 Å². The van der Waals surface area contributed by atoms with Gasteiger partial charge in [-0.3, -0.25) is 0 Å². The van der Waals surface area contributed by atoms with Crippen LogP contribution in [0.4, 0.5) is 0 Å². The summed E-state index contributed by atoms with van der Waals surface area (Å²) in [5, 5.41) is 2.71. The highest BCUT2D eigenvalue weighted by molar-refractivity contribution is 7.90. The molecule has 0 spiro atoms. The Kier molecular flexibility index (Phi) is 2.92. The van der Waals surface area contributed by atoms with Gasteiger partial charge >= 0.3 is 0 Å². The molecule has 74 valence electrons. The Labute approximate surface area is 81.0 Å². The van der Waals surface area contributed by atoms with Crippen molar-refractivity contribution in [2.45, 2.75) is 18.1 Å². The van der Waals surface area contributed by atoms with Gasteiger partial charge in [-0.1, -0.05) is 5.16 Å². The molecule has 0 saturated carbocycles. The molecule has 0 amide bonds. The van der Waals surface area contributed by atoms with Crippen molar-refractivity contribution < 1.29 is 12.9 Å². The first kappa shape index (κ1) is 10.5. The number of hydrogen-bond donors (Lipinski definition) is 0. The quantitative estimate of drug-likeness (QED) is 0.714. The SMILES string of the molecule is CC(c1nc(CCl)no1)S(C)(=O)=O. The Morgan fingerprint density at radius 3 is 2.62 bits per heavy atom. The zero-order valence-electron chi connectivity index (χ0n) is 7.19. The van der Waals surface area contributed by atoms with Gasteiger partial charge < -0.3 is 4.52 Å². The monoisotopic (exact) mass is 224 g/mol. The summed E-state index contributed by atoms with van der Waals surface area (Å²) in [6.07, 6.45) is 1.11. The number of aromatic nitrogens is 2. The maximum absolute atomic E-state index is 11.1. The van der Waals surface area contributed by atoms with Crippen LogP contribution < -0.4 is 0 Å². The van der Waals surface area contributed by atoms with Gasteiger partial charge in [-0.25, -0.2) is 8.42 Å². The van der Waals surface area contributed by atoms with Crippen molar-refractivity contribution in [3.8, 4) is 0 Å². The average Bonchev–Trinajstić information content (AvgIpc) is 2.48. The molecule has 1 unspecified atom stereocenters. The normalized spacial score (nSPS) is 14.4. The fourth-order valence-corrected chi connectivity index (χ4v) is 1.24. The molecule has 0 aliphatic rings. The van der Waals surface area contributed by atoms with Crippen molar-refractivity contribution in [2.24, 2.45) is 0 Å². The van der Waals surface area contributed by atoms with Gasteiger partial charge in [-0.2, -0.15) is 4.98 Å². The number of halogens is 1. The van der Waals surface area contributed by atoms with Crippen LogP contribution in [0.15, 0.2) is 4.52 Å². The van der Waals surface area contributed by atoms with E-state index in [1.165, 1.54) is 6.92 Å². The van der Waals surface area contributed by atoms with E-state index >= 15 is 0 Å². The average molecular weight is 225 g/mol. The minimum Gasteiger partial charge on any atom is -0.338 e. The molecule has 0 fully saturated rings. The Morgan fingerprint density at radius 1 is 1.62 bits per heavy atom. The maximum atomic E-state index is 11.1. The lowest BCUT2D eigenvalue weighted by Gasteiger charge is -2.01. The first-order chi connectivity index (χ1) is 5.95. The molecule has 7 heteroatoms. The van der Waals surface area contributed by atoms with E-state index in [4.69, 9.17) is 16.1 Å². The van der Waals surface area contributed by atoms with Crippen molar-refractivity contribution in [2.75, 3.05) is 6.26 Å². The largest absolute Gasteiger partial charge is 0.338 e. The summed E-state index contributed by atoms with van der Waals surface area (Å²) in [6.45, 7) is 1.49. The predicted octanol–water partition coefficient (Wildman–Crippen LogP) is 0.914. The van der Waals surface area contributed by atoms with Gasteiger partial charge in [0.2, 0.25) is 5.89 Å². The Morgan fingerprint density at radius 2 is 2.23 bits per heavy atom. The molecule has 0 aromatic carbocycles. The minimum absolute atomic E-state index is 0.0816. The van der Waals surface area contributed by atoms with Gasteiger partial charge in [0.1, 0.15) is 5.25 Å². The molecule has 1 aromatic heterocycles. The highest BCUT2D eigenvalue weighted by atomic mass is 35.5. The second kappa shape index (κ2) is 3.63. The molecule has 0 aliphatic carbocycles. The molecule has 1 heterocycles. The summed E-state index contributed by atoms with van der Waals surface area (Å²) < 4.78 is 26.9. The summed E-state index contributed by atoms with van der Waals surface area (Å²) >= 11 is 5.42. The van der Waals surface area contributed by atoms with Crippen molar-refractivity contribution in [3.63, 3.8) is 0 Å². The maximum Gasteiger partial charge on any atom is 0.244 e. The molecular formula is C6H9ClN2O3S. The summed E-state index contributed by atoms with van der Waals surface area (Å²) in [5.41, 5.74) is 0. The van der Waals surface area contributed by atoms with Crippen molar-refractivity contribution in [1.82, 2.24) is 10.1 Å². The molecule has 13 heavy (non-hydrogen) atoms. The molecule has 0 N–H and O–H groups in total. The fourth-order valence-electron chi connectivity index (χ4n) is 0.670. The van der Waals surface area contributed by atoms with Crippen LogP contribution in [0.1, 0.15) is 23.9 Å². The number of alkyl halides is 1. The summed E-state index contributed by atoms with van der Waals surface area (Å²) in [6, 6.07) is 0. The highest BCUT2D eigenvalue weighted by Gasteiger charge is 2.23. The Hall–Kier alpha value is -0.620.